The topological polar surface area (TPSA) is 111 Å². The lowest BCUT2D eigenvalue weighted by molar-refractivity contribution is -0.147. The van der Waals surface area contributed by atoms with Gasteiger partial charge in [-0.3, -0.25) is 9.59 Å². The van der Waals surface area contributed by atoms with Gasteiger partial charge in [-0.05, 0) is 78.2 Å². The quantitative estimate of drug-likeness (QED) is 0.0514. The number of hydrogen-bond acceptors (Lipinski definition) is 6. The summed E-state index contributed by atoms with van der Waals surface area (Å²) in [7, 11) is 0. The third-order valence-corrected chi connectivity index (χ3v) is 7.78. The summed E-state index contributed by atoms with van der Waals surface area (Å²) in [6.45, 7) is 9.13. The Bertz CT molecular complexity index is 1470. The number of ether oxygens (including phenoxy) is 2. The monoisotopic (exact) mass is 712 g/mol. The average Bonchev–Trinajstić information content (AvgIpc) is 3.11. The Morgan fingerprint density at radius 3 is 1.85 bits per heavy atom. The van der Waals surface area contributed by atoms with Crippen molar-refractivity contribution in [2.45, 2.75) is 123 Å². The summed E-state index contributed by atoms with van der Waals surface area (Å²) in [5.74, 6) is -0.883. The zero-order valence-electron chi connectivity index (χ0n) is 31.9. The second-order valence-electron chi connectivity index (χ2n) is 13.9. The van der Waals surface area contributed by atoms with Crippen molar-refractivity contribution in [1.29, 1.82) is 0 Å². The number of rotatable bonds is 23. The first-order valence-corrected chi connectivity index (χ1v) is 18.7. The number of esters is 1. The second-order valence-corrected chi connectivity index (χ2v) is 13.9. The molecule has 0 heterocycles. The summed E-state index contributed by atoms with van der Waals surface area (Å²) >= 11 is 0. The first-order valence-electron chi connectivity index (χ1n) is 18.7. The van der Waals surface area contributed by atoms with Crippen LogP contribution >= 0.6 is 0 Å². The number of alkyl carbamates (subject to hydrolysis) is 1. The van der Waals surface area contributed by atoms with E-state index in [1.54, 1.807) is 64.1 Å². The van der Waals surface area contributed by atoms with Gasteiger partial charge in [0.05, 0.1) is 6.04 Å². The molecule has 8 nitrogen and oxygen atoms in total. The molecule has 0 aliphatic carbocycles. The molecule has 0 saturated heterocycles. The second kappa shape index (κ2) is 25.3. The zero-order chi connectivity index (χ0) is 38.0. The van der Waals surface area contributed by atoms with Crippen LogP contribution in [-0.4, -0.2) is 48.0 Å². The minimum absolute atomic E-state index is 0.0568. The van der Waals surface area contributed by atoms with Gasteiger partial charge in [-0.2, -0.15) is 0 Å². The van der Waals surface area contributed by atoms with Crippen LogP contribution in [-0.2, 0) is 25.5 Å². The van der Waals surface area contributed by atoms with Gasteiger partial charge in [0.2, 0.25) is 5.91 Å². The van der Waals surface area contributed by atoms with E-state index in [4.69, 9.17) is 9.47 Å². The summed E-state index contributed by atoms with van der Waals surface area (Å²) in [6, 6.07) is 14.4. The number of unbranched alkanes of at least 4 members (excludes halogenated alkanes) is 4. The van der Waals surface area contributed by atoms with E-state index in [0.29, 0.717) is 24.0 Å². The van der Waals surface area contributed by atoms with Gasteiger partial charge in [-0.25, -0.2) is 9.59 Å². The summed E-state index contributed by atoms with van der Waals surface area (Å²) < 4.78 is 10.9. The standard InChI is InChI=1S/C44H60N2O6/c1-6-7-8-9-10-11-12-13-14-15-16-17-18-19-20-21-25-28-40(47)45-35(2)34-51-42(49)39(46-43(50)52-44(3,4)5)33-36-29-31-38(32-30-36)41(48)37-26-23-22-24-27-37/h10-11,13-14,16-17,19-20,22-24,26-27,29-32,35,39H,6-9,12,15,18,21,25,28,33-34H2,1-5H3,(H,45,47)(H,46,50)/b11-10-,14-13-,17-16-,20-19-/t35-,39+/m1/s1. The molecule has 2 aromatic rings. The molecule has 52 heavy (non-hydrogen) atoms. The zero-order valence-corrected chi connectivity index (χ0v) is 31.9. The highest BCUT2D eigenvalue weighted by molar-refractivity contribution is 6.08. The van der Waals surface area contributed by atoms with Crippen LogP contribution in [0, 0.1) is 0 Å². The minimum atomic E-state index is -1.04. The predicted octanol–water partition coefficient (Wildman–Crippen LogP) is 9.55. The van der Waals surface area contributed by atoms with Gasteiger partial charge in [0.25, 0.3) is 0 Å². The van der Waals surface area contributed by atoms with Gasteiger partial charge in [0.1, 0.15) is 18.2 Å². The van der Waals surface area contributed by atoms with E-state index in [-0.39, 0.29) is 24.7 Å². The van der Waals surface area contributed by atoms with E-state index in [1.807, 2.05) is 18.2 Å². The van der Waals surface area contributed by atoms with Crippen LogP contribution in [0.25, 0.3) is 0 Å². The summed E-state index contributed by atoms with van der Waals surface area (Å²) in [4.78, 5) is 51.0. The number of allylic oxidation sites excluding steroid dienone is 8. The van der Waals surface area contributed by atoms with E-state index in [9.17, 15) is 19.2 Å². The largest absolute Gasteiger partial charge is 0.462 e. The lowest BCUT2D eigenvalue weighted by Gasteiger charge is -2.23. The maximum absolute atomic E-state index is 13.2. The minimum Gasteiger partial charge on any atom is -0.462 e. The van der Waals surface area contributed by atoms with E-state index >= 15 is 0 Å². The normalized spacial score (nSPS) is 13.1. The first kappa shape index (κ1) is 43.4. The Balaban J connectivity index is 1.74. The molecule has 282 valence electrons. The predicted molar refractivity (Wildman–Crippen MR) is 210 cm³/mol. The number of amides is 2. The fourth-order valence-electron chi connectivity index (χ4n) is 5.07. The molecule has 0 saturated carbocycles. The molecule has 8 heteroatoms. The van der Waals surface area contributed by atoms with Gasteiger partial charge in [0, 0.05) is 24.0 Å². The highest BCUT2D eigenvalue weighted by Gasteiger charge is 2.26. The van der Waals surface area contributed by atoms with E-state index < -0.39 is 29.7 Å². The molecule has 0 bridgehead atoms. The highest BCUT2D eigenvalue weighted by Crippen LogP contribution is 2.14. The maximum Gasteiger partial charge on any atom is 0.408 e. The van der Waals surface area contributed by atoms with Crippen molar-refractivity contribution in [2.75, 3.05) is 6.61 Å². The lowest BCUT2D eigenvalue weighted by Crippen LogP contribution is -2.46. The molecular weight excluding hydrogens is 652 g/mol. The lowest BCUT2D eigenvalue weighted by atomic mass is 9.99. The molecular formula is C44H60N2O6. The molecule has 0 aliphatic heterocycles. The molecule has 0 radical (unpaired) electrons. The molecule has 0 aromatic heterocycles. The molecule has 0 spiro atoms. The highest BCUT2D eigenvalue weighted by atomic mass is 16.6. The number of benzene rings is 2. The molecule has 2 aromatic carbocycles. The SMILES string of the molecule is CCCCC/C=C\C/C=C\C/C=C\C/C=C\CCCC(=O)N[C@H](C)COC(=O)[C@H](Cc1ccc(C(=O)c2ccccc2)cc1)NC(=O)OC(C)(C)C. The Hall–Kier alpha value is -4.72. The summed E-state index contributed by atoms with van der Waals surface area (Å²) in [5, 5.41) is 5.49. The van der Waals surface area contributed by atoms with Crippen LogP contribution in [0.3, 0.4) is 0 Å². The number of carbonyl (C=O) groups excluding carboxylic acids is 4. The van der Waals surface area contributed by atoms with Crippen molar-refractivity contribution < 1.29 is 28.7 Å². The van der Waals surface area contributed by atoms with Gasteiger partial charge in [0.15, 0.2) is 5.78 Å². The van der Waals surface area contributed by atoms with Crippen molar-refractivity contribution in [3.8, 4) is 0 Å². The van der Waals surface area contributed by atoms with Crippen LogP contribution in [0.5, 0.6) is 0 Å². The smallest absolute Gasteiger partial charge is 0.408 e. The van der Waals surface area contributed by atoms with E-state index in [2.05, 4.69) is 66.2 Å². The molecule has 0 aliphatic rings. The number of hydrogen-bond donors (Lipinski definition) is 2. The number of carbonyl (C=O) groups is 4. The van der Waals surface area contributed by atoms with Crippen LogP contribution in [0.1, 0.15) is 120 Å². The number of nitrogens with one attached hydrogen (secondary N) is 2. The Morgan fingerprint density at radius 1 is 0.712 bits per heavy atom. The van der Waals surface area contributed by atoms with Crippen molar-refractivity contribution in [3.63, 3.8) is 0 Å². The molecule has 2 atom stereocenters. The Labute approximate surface area is 311 Å². The molecule has 0 fully saturated rings. The molecule has 0 unspecified atom stereocenters. The van der Waals surface area contributed by atoms with Crippen molar-refractivity contribution in [1.82, 2.24) is 10.6 Å². The number of ketones is 1. The van der Waals surface area contributed by atoms with E-state index in [0.717, 1.165) is 31.2 Å². The Kier molecular flexibility index (Phi) is 21.1. The van der Waals surface area contributed by atoms with Crippen molar-refractivity contribution in [2.24, 2.45) is 0 Å². The van der Waals surface area contributed by atoms with E-state index in [1.165, 1.54) is 25.7 Å². The fraction of sp³-hybridized carbons (Fsp3) is 0.455. The molecule has 2 amide bonds. The molecule has 2 N–H and O–H groups in total. The maximum atomic E-state index is 13.2. The van der Waals surface area contributed by atoms with Crippen molar-refractivity contribution >= 4 is 23.8 Å². The van der Waals surface area contributed by atoms with Gasteiger partial charge >= 0.3 is 12.1 Å². The van der Waals surface area contributed by atoms with Crippen LogP contribution in [0.4, 0.5) is 4.79 Å². The summed E-state index contributed by atoms with van der Waals surface area (Å²) in [5.41, 5.74) is 1.05. The molecule has 2 rings (SSSR count). The Morgan fingerprint density at radius 2 is 1.27 bits per heavy atom. The summed E-state index contributed by atoms with van der Waals surface area (Å²) in [6.07, 6.45) is 26.5. The van der Waals surface area contributed by atoms with Crippen LogP contribution in [0.15, 0.2) is 103 Å². The van der Waals surface area contributed by atoms with Crippen LogP contribution in [0.2, 0.25) is 0 Å². The van der Waals surface area contributed by atoms with Gasteiger partial charge < -0.3 is 20.1 Å². The third-order valence-electron chi connectivity index (χ3n) is 7.78. The van der Waals surface area contributed by atoms with Gasteiger partial charge in [-0.15, -0.1) is 0 Å². The first-order chi connectivity index (χ1) is 25.0. The van der Waals surface area contributed by atoms with Crippen molar-refractivity contribution in [3.05, 3.63) is 120 Å². The third kappa shape index (κ3) is 20.2. The average molecular weight is 713 g/mol. The van der Waals surface area contributed by atoms with Crippen LogP contribution < -0.4 is 10.6 Å². The van der Waals surface area contributed by atoms with Gasteiger partial charge in [-0.1, -0.05) is 123 Å². The fourth-order valence-corrected chi connectivity index (χ4v) is 5.07.